The average Bonchev–Trinajstić information content (AvgIpc) is 2.94. The van der Waals surface area contributed by atoms with Gasteiger partial charge < -0.3 is 4.74 Å². The molecule has 1 N–H and O–H groups in total. The van der Waals surface area contributed by atoms with Crippen LogP contribution in [0, 0.1) is 5.92 Å². The number of aromatic nitrogens is 1. The summed E-state index contributed by atoms with van der Waals surface area (Å²) in [6.07, 6.45) is 5.79. The number of carbonyl (C=O) groups is 1. The van der Waals surface area contributed by atoms with Gasteiger partial charge in [-0.25, -0.2) is 4.98 Å². The normalized spacial score (nSPS) is 16.9. The highest BCUT2D eigenvalue weighted by atomic mass is 32.1. The Balaban J connectivity index is 1.66. The highest BCUT2D eigenvalue weighted by molar-refractivity contribution is 7.15. The van der Waals surface area contributed by atoms with Crippen molar-refractivity contribution in [3.05, 3.63) is 46.5 Å². The van der Waals surface area contributed by atoms with Gasteiger partial charge >= 0.3 is 6.61 Å². The van der Waals surface area contributed by atoms with Gasteiger partial charge in [-0.2, -0.15) is 8.78 Å². The Labute approximate surface area is 148 Å². The van der Waals surface area contributed by atoms with Crippen molar-refractivity contribution in [2.24, 2.45) is 5.92 Å². The zero-order valence-corrected chi connectivity index (χ0v) is 14.5. The van der Waals surface area contributed by atoms with Crippen LogP contribution in [-0.2, 0) is 17.6 Å². The number of thiazole rings is 1. The fourth-order valence-corrected chi connectivity index (χ4v) is 3.90. The van der Waals surface area contributed by atoms with Crippen molar-refractivity contribution in [1.29, 1.82) is 0 Å². The molecule has 0 bridgehead atoms. The summed E-state index contributed by atoms with van der Waals surface area (Å²) in [5, 5.41) is 3.31. The molecule has 0 fully saturated rings. The van der Waals surface area contributed by atoms with Crippen molar-refractivity contribution in [3.63, 3.8) is 0 Å². The number of carbonyl (C=O) groups excluding carboxylic acids is 1. The Morgan fingerprint density at radius 1 is 1.44 bits per heavy atom. The molecule has 0 radical (unpaired) electrons. The van der Waals surface area contributed by atoms with Crippen LogP contribution in [0.2, 0.25) is 0 Å². The van der Waals surface area contributed by atoms with Crippen molar-refractivity contribution >= 4 is 28.5 Å². The number of ether oxygens (including phenoxy) is 1. The van der Waals surface area contributed by atoms with Crippen LogP contribution in [0.4, 0.5) is 13.9 Å². The molecule has 2 aromatic rings. The van der Waals surface area contributed by atoms with E-state index in [1.807, 2.05) is 0 Å². The second-order valence-corrected chi connectivity index (χ2v) is 7.06. The van der Waals surface area contributed by atoms with Gasteiger partial charge in [-0.3, -0.25) is 10.1 Å². The maximum Gasteiger partial charge on any atom is 0.387 e. The van der Waals surface area contributed by atoms with Gasteiger partial charge in [0.05, 0.1) is 5.69 Å². The number of anilines is 1. The summed E-state index contributed by atoms with van der Waals surface area (Å²) in [5.41, 5.74) is 1.48. The lowest BCUT2D eigenvalue weighted by molar-refractivity contribution is -0.111. The number of hydrogen-bond acceptors (Lipinski definition) is 4. The molecule has 1 aliphatic carbocycles. The van der Waals surface area contributed by atoms with Crippen molar-refractivity contribution < 1.29 is 18.3 Å². The van der Waals surface area contributed by atoms with Gasteiger partial charge in [0.25, 0.3) is 0 Å². The van der Waals surface area contributed by atoms with Gasteiger partial charge in [-0.15, -0.1) is 11.3 Å². The first-order chi connectivity index (χ1) is 12.0. The third kappa shape index (κ3) is 4.63. The van der Waals surface area contributed by atoms with Crippen LogP contribution >= 0.6 is 11.3 Å². The fourth-order valence-electron chi connectivity index (χ4n) is 2.73. The lowest BCUT2D eigenvalue weighted by Gasteiger charge is -2.15. The first-order valence-electron chi connectivity index (χ1n) is 8.02. The smallest absolute Gasteiger partial charge is 0.387 e. The molecular formula is C18H18F2N2O2S. The number of halogens is 2. The molecule has 132 valence electrons. The Morgan fingerprint density at radius 3 is 3.04 bits per heavy atom. The number of benzene rings is 1. The summed E-state index contributed by atoms with van der Waals surface area (Å²) in [4.78, 5) is 17.8. The monoisotopic (exact) mass is 364 g/mol. The van der Waals surface area contributed by atoms with Gasteiger partial charge in [0.2, 0.25) is 5.91 Å². The number of fused-ring (bicyclic) bond motifs is 1. The molecule has 4 nitrogen and oxygen atoms in total. The fraction of sp³-hybridized carbons (Fsp3) is 0.333. The molecule has 25 heavy (non-hydrogen) atoms. The number of nitrogens with zero attached hydrogens (tertiary/aromatic N) is 1. The van der Waals surface area contributed by atoms with Crippen molar-refractivity contribution in [2.45, 2.75) is 32.8 Å². The van der Waals surface area contributed by atoms with Crippen LogP contribution in [0.25, 0.3) is 6.08 Å². The minimum Gasteiger partial charge on any atom is -0.434 e. The maximum absolute atomic E-state index is 12.4. The number of para-hydroxylation sites is 1. The van der Waals surface area contributed by atoms with E-state index in [2.05, 4.69) is 22.0 Å². The van der Waals surface area contributed by atoms with E-state index in [0.717, 1.165) is 25.0 Å². The Hall–Kier alpha value is -2.28. The summed E-state index contributed by atoms with van der Waals surface area (Å²) in [6, 6.07) is 6.31. The first-order valence-corrected chi connectivity index (χ1v) is 8.84. The number of hydrogen-bond donors (Lipinski definition) is 1. The highest BCUT2D eigenvalue weighted by Gasteiger charge is 2.20. The summed E-state index contributed by atoms with van der Waals surface area (Å²) in [7, 11) is 0. The van der Waals surface area contributed by atoms with Crippen LogP contribution in [-0.4, -0.2) is 17.5 Å². The molecule has 1 unspecified atom stereocenters. The van der Waals surface area contributed by atoms with Gasteiger partial charge in [0, 0.05) is 16.5 Å². The van der Waals surface area contributed by atoms with Crippen LogP contribution < -0.4 is 10.1 Å². The Bertz CT molecular complexity index is 789. The predicted octanol–water partition coefficient (Wildman–Crippen LogP) is 4.52. The SMILES string of the molecule is CC1CCc2nc(NC(=O)/C=C/c3ccccc3OC(F)F)sc2C1. The quantitative estimate of drug-likeness (QED) is 0.794. The van der Waals surface area contributed by atoms with Crippen LogP contribution in [0.3, 0.4) is 0 Å². The van der Waals surface area contributed by atoms with E-state index in [0.29, 0.717) is 16.6 Å². The topological polar surface area (TPSA) is 51.2 Å². The maximum atomic E-state index is 12.4. The summed E-state index contributed by atoms with van der Waals surface area (Å²) >= 11 is 1.50. The molecular weight excluding hydrogens is 346 g/mol. The molecule has 1 aromatic heterocycles. The lowest BCUT2D eigenvalue weighted by Crippen LogP contribution is -2.09. The molecule has 7 heteroatoms. The predicted molar refractivity (Wildman–Crippen MR) is 94.0 cm³/mol. The van der Waals surface area contributed by atoms with Gasteiger partial charge in [0.15, 0.2) is 5.13 Å². The van der Waals surface area contributed by atoms with E-state index in [1.54, 1.807) is 18.2 Å². The second-order valence-electron chi connectivity index (χ2n) is 5.98. The molecule has 1 amide bonds. The van der Waals surface area contributed by atoms with Crippen molar-refractivity contribution in [3.8, 4) is 5.75 Å². The second kappa shape index (κ2) is 7.74. The molecule has 0 saturated carbocycles. The average molecular weight is 364 g/mol. The van der Waals surface area contributed by atoms with Crippen LogP contribution in [0.1, 0.15) is 29.5 Å². The third-order valence-corrected chi connectivity index (χ3v) is 5.00. The van der Waals surface area contributed by atoms with E-state index >= 15 is 0 Å². The molecule has 1 atom stereocenters. The first kappa shape index (κ1) is 17.5. The van der Waals surface area contributed by atoms with Crippen LogP contribution in [0.15, 0.2) is 30.3 Å². The summed E-state index contributed by atoms with van der Waals surface area (Å²) in [6.45, 7) is -0.699. The van der Waals surface area contributed by atoms with E-state index in [4.69, 9.17) is 0 Å². The molecule has 1 heterocycles. The summed E-state index contributed by atoms with van der Waals surface area (Å²) < 4.78 is 29.2. The Kier molecular flexibility index (Phi) is 5.43. The Morgan fingerprint density at radius 2 is 2.24 bits per heavy atom. The zero-order valence-electron chi connectivity index (χ0n) is 13.7. The van der Waals surface area contributed by atoms with E-state index < -0.39 is 6.61 Å². The van der Waals surface area contributed by atoms with Crippen molar-refractivity contribution in [2.75, 3.05) is 5.32 Å². The van der Waals surface area contributed by atoms with E-state index in [1.165, 1.54) is 34.4 Å². The molecule has 1 aliphatic rings. The highest BCUT2D eigenvalue weighted by Crippen LogP contribution is 2.32. The minimum absolute atomic E-state index is 0.0280. The van der Waals surface area contributed by atoms with E-state index in [-0.39, 0.29) is 11.7 Å². The number of amides is 1. The van der Waals surface area contributed by atoms with Gasteiger partial charge in [-0.1, -0.05) is 25.1 Å². The number of aryl methyl sites for hydroxylation is 1. The van der Waals surface area contributed by atoms with Crippen LogP contribution in [0.5, 0.6) is 5.75 Å². The van der Waals surface area contributed by atoms with Gasteiger partial charge in [-0.05, 0) is 37.3 Å². The zero-order chi connectivity index (χ0) is 17.8. The molecule has 1 aromatic carbocycles. The lowest BCUT2D eigenvalue weighted by atomic mass is 9.93. The largest absolute Gasteiger partial charge is 0.434 e. The molecule has 0 spiro atoms. The number of alkyl halides is 2. The molecule has 0 saturated heterocycles. The van der Waals surface area contributed by atoms with Gasteiger partial charge in [0.1, 0.15) is 5.75 Å². The number of rotatable bonds is 5. The molecule has 3 rings (SSSR count). The molecule has 0 aliphatic heterocycles. The van der Waals surface area contributed by atoms with Crippen molar-refractivity contribution in [1.82, 2.24) is 4.98 Å². The van der Waals surface area contributed by atoms with E-state index in [9.17, 15) is 13.6 Å². The number of nitrogens with one attached hydrogen (secondary N) is 1. The minimum atomic E-state index is -2.91. The standard InChI is InChI=1S/C18H18F2N2O2S/c1-11-6-8-13-15(10-11)25-18(21-13)22-16(23)9-7-12-4-2-3-5-14(12)24-17(19)20/h2-5,7,9,11,17H,6,8,10H2,1H3,(H,21,22,23)/b9-7+. The third-order valence-electron chi connectivity index (χ3n) is 3.97. The summed E-state index contributed by atoms with van der Waals surface area (Å²) in [5.74, 6) is 0.314.